The van der Waals surface area contributed by atoms with E-state index in [-0.39, 0.29) is 19.7 Å². The van der Waals surface area contributed by atoms with E-state index in [1.165, 1.54) is 4.90 Å². The van der Waals surface area contributed by atoms with Crippen LogP contribution in [0.4, 0.5) is 4.79 Å². The van der Waals surface area contributed by atoms with Crippen LogP contribution >= 0.6 is 0 Å². The van der Waals surface area contributed by atoms with Crippen molar-refractivity contribution < 1.29 is 24.5 Å². The van der Waals surface area contributed by atoms with Crippen molar-refractivity contribution in [3.63, 3.8) is 0 Å². The van der Waals surface area contributed by atoms with Gasteiger partial charge in [0.25, 0.3) is 5.91 Å². The quantitative estimate of drug-likeness (QED) is 0.472. The smallest absolute Gasteiger partial charge is 0.325 e. The van der Waals surface area contributed by atoms with Crippen molar-refractivity contribution in [3.8, 4) is 5.75 Å². The summed E-state index contributed by atoms with van der Waals surface area (Å²) in [6.45, 7) is 5.80. The van der Waals surface area contributed by atoms with Gasteiger partial charge in [0.15, 0.2) is 12.0 Å². The number of hydrogen-bond donors (Lipinski definition) is 4. The van der Waals surface area contributed by atoms with Gasteiger partial charge in [-0.3, -0.25) is 15.1 Å². The number of likely N-dealkylation sites (N-methyl/N-ethyl adjacent to an activating group) is 1. The summed E-state index contributed by atoms with van der Waals surface area (Å²) in [6.07, 6.45) is -2.21. The molecule has 30 heavy (non-hydrogen) atoms. The Balaban J connectivity index is 1.72. The number of ether oxygens (including phenoxy) is 1. The molecule has 4 N–H and O–H groups in total. The van der Waals surface area contributed by atoms with Crippen molar-refractivity contribution in [2.45, 2.75) is 45.2 Å². The van der Waals surface area contributed by atoms with Crippen LogP contribution in [-0.4, -0.2) is 89.1 Å². The fourth-order valence-corrected chi connectivity index (χ4v) is 3.41. The summed E-state index contributed by atoms with van der Waals surface area (Å²) >= 11 is 0. The van der Waals surface area contributed by atoms with E-state index in [1.54, 1.807) is 18.9 Å². The van der Waals surface area contributed by atoms with Crippen LogP contribution in [0, 0.1) is 13.8 Å². The molecule has 0 saturated carbocycles. The zero-order valence-electron chi connectivity index (χ0n) is 17.6. The Bertz CT molecular complexity index is 843. The first kappa shape index (κ1) is 21.8. The Hall–Kier alpha value is -2.85. The van der Waals surface area contributed by atoms with Crippen LogP contribution in [0.25, 0.3) is 0 Å². The van der Waals surface area contributed by atoms with Crippen molar-refractivity contribution in [3.05, 3.63) is 29.3 Å². The van der Waals surface area contributed by atoms with E-state index in [0.29, 0.717) is 11.7 Å². The molecule has 3 rings (SSSR count). The second-order valence-electron chi connectivity index (χ2n) is 7.82. The highest BCUT2D eigenvalue weighted by molar-refractivity contribution is 6.04. The number of urea groups is 1. The lowest BCUT2D eigenvalue weighted by molar-refractivity contribution is -0.127. The van der Waals surface area contributed by atoms with Gasteiger partial charge >= 0.3 is 6.03 Å². The summed E-state index contributed by atoms with van der Waals surface area (Å²) in [5.41, 5.74) is 2.24. The molecule has 10 nitrogen and oxygen atoms in total. The van der Waals surface area contributed by atoms with E-state index in [1.807, 2.05) is 32.0 Å². The Morgan fingerprint density at radius 2 is 1.97 bits per heavy atom. The summed E-state index contributed by atoms with van der Waals surface area (Å²) in [6, 6.07) is 4.43. The number of aliphatic imine (C=N–C) groups is 1. The average molecular weight is 419 g/mol. The third-order valence-corrected chi connectivity index (χ3v) is 5.25. The molecule has 0 aliphatic carbocycles. The van der Waals surface area contributed by atoms with Crippen LogP contribution < -0.4 is 15.4 Å². The molecule has 4 unspecified atom stereocenters. The van der Waals surface area contributed by atoms with Gasteiger partial charge in [-0.1, -0.05) is 6.07 Å². The summed E-state index contributed by atoms with van der Waals surface area (Å²) in [5.74, 6) is 0.520. The SMILES string of the molecule is Cc1ccc(OCC(O)CN2C(=NCC(C)O)NC3C2C(=O)NC(=O)N3C)cc1C. The number of benzene rings is 1. The standard InChI is InChI=1S/C20H29N5O5/c1-11-5-6-15(7-12(11)2)30-10-14(27)9-25-16-17(22-19(25)21-8-13(3)26)24(4)20(29)23-18(16)28/h5-7,13-14,16-17,26-27H,8-10H2,1-4H3,(H,21,22)(H,23,28,29). The third kappa shape index (κ3) is 4.65. The lowest BCUT2D eigenvalue weighted by Crippen LogP contribution is -2.65. The van der Waals surface area contributed by atoms with Crippen LogP contribution in [0.1, 0.15) is 18.1 Å². The van der Waals surface area contributed by atoms with Gasteiger partial charge in [0.1, 0.15) is 24.6 Å². The first-order chi connectivity index (χ1) is 14.2. The minimum atomic E-state index is -0.917. The van der Waals surface area contributed by atoms with E-state index in [9.17, 15) is 19.8 Å². The molecule has 0 spiro atoms. The minimum Gasteiger partial charge on any atom is -0.491 e. The molecular formula is C20H29N5O5. The molecule has 0 radical (unpaired) electrons. The maximum atomic E-state index is 12.5. The summed E-state index contributed by atoms with van der Waals surface area (Å²) in [4.78, 5) is 31.8. The molecule has 1 aromatic rings. The molecule has 2 fully saturated rings. The summed E-state index contributed by atoms with van der Waals surface area (Å²) in [7, 11) is 1.57. The number of carbonyl (C=O) groups excluding carboxylic acids is 2. The number of amides is 3. The lowest BCUT2D eigenvalue weighted by Gasteiger charge is -2.35. The molecule has 2 saturated heterocycles. The number of hydrogen-bond acceptors (Lipinski definition) is 6. The van der Waals surface area contributed by atoms with Crippen molar-refractivity contribution >= 4 is 17.9 Å². The number of nitrogens with one attached hydrogen (secondary N) is 2. The highest BCUT2D eigenvalue weighted by atomic mass is 16.5. The number of β-amino-alcohol motifs (C(OH)–C–C–N with tert-alkyl or cyclic N) is 1. The third-order valence-electron chi connectivity index (χ3n) is 5.25. The largest absolute Gasteiger partial charge is 0.491 e. The van der Waals surface area contributed by atoms with Crippen molar-refractivity contribution in [1.29, 1.82) is 0 Å². The van der Waals surface area contributed by atoms with E-state index in [0.717, 1.165) is 11.1 Å². The van der Waals surface area contributed by atoms with Crippen LogP contribution in [0.5, 0.6) is 5.75 Å². The molecule has 0 bridgehead atoms. The number of nitrogens with zero attached hydrogens (tertiary/aromatic N) is 3. The number of aliphatic hydroxyl groups is 2. The minimum absolute atomic E-state index is 0.0243. The normalized spacial score (nSPS) is 24.4. The predicted molar refractivity (Wildman–Crippen MR) is 110 cm³/mol. The number of fused-ring (bicyclic) bond motifs is 1. The van der Waals surface area contributed by atoms with Gasteiger partial charge in [-0.05, 0) is 44.0 Å². The Morgan fingerprint density at radius 1 is 1.23 bits per heavy atom. The highest BCUT2D eigenvalue weighted by Gasteiger charge is 2.50. The molecule has 2 aliphatic rings. The fourth-order valence-electron chi connectivity index (χ4n) is 3.41. The number of imide groups is 1. The molecule has 0 aromatic heterocycles. The van der Waals surface area contributed by atoms with E-state index in [4.69, 9.17) is 4.74 Å². The van der Waals surface area contributed by atoms with Gasteiger partial charge in [-0.2, -0.15) is 0 Å². The van der Waals surface area contributed by atoms with Crippen LogP contribution in [0.3, 0.4) is 0 Å². The molecule has 1 aromatic carbocycles. The second-order valence-corrected chi connectivity index (χ2v) is 7.82. The van der Waals surface area contributed by atoms with Gasteiger partial charge in [0.2, 0.25) is 0 Å². The van der Waals surface area contributed by atoms with Crippen molar-refractivity contribution in [2.24, 2.45) is 4.99 Å². The summed E-state index contributed by atoms with van der Waals surface area (Å²) in [5, 5.41) is 25.5. The van der Waals surface area contributed by atoms with Crippen molar-refractivity contribution in [2.75, 3.05) is 26.7 Å². The number of aryl methyl sites for hydroxylation is 2. The van der Waals surface area contributed by atoms with Gasteiger partial charge in [-0.25, -0.2) is 4.79 Å². The lowest BCUT2D eigenvalue weighted by atomic mass is 10.1. The van der Waals surface area contributed by atoms with Crippen LogP contribution in [-0.2, 0) is 4.79 Å². The zero-order chi connectivity index (χ0) is 22.0. The number of aliphatic hydroxyl groups excluding tert-OH is 2. The maximum absolute atomic E-state index is 12.5. The van der Waals surface area contributed by atoms with Gasteiger partial charge < -0.3 is 30.1 Å². The van der Waals surface area contributed by atoms with Gasteiger partial charge in [0.05, 0.1) is 19.2 Å². The monoisotopic (exact) mass is 419 g/mol. The van der Waals surface area contributed by atoms with Crippen LogP contribution in [0.2, 0.25) is 0 Å². The highest BCUT2D eigenvalue weighted by Crippen LogP contribution is 2.21. The first-order valence-corrected chi connectivity index (χ1v) is 9.89. The van der Waals surface area contributed by atoms with Gasteiger partial charge in [-0.15, -0.1) is 0 Å². The topological polar surface area (TPSA) is 127 Å². The molecule has 164 valence electrons. The van der Waals surface area contributed by atoms with E-state index >= 15 is 0 Å². The summed E-state index contributed by atoms with van der Waals surface area (Å²) < 4.78 is 5.71. The Labute approximate surface area is 175 Å². The van der Waals surface area contributed by atoms with E-state index < -0.39 is 36.4 Å². The van der Waals surface area contributed by atoms with Gasteiger partial charge in [0, 0.05) is 7.05 Å². The number of carbonyl (C=O) groups is 2. The predicted octanol–water partition coefficient (Wildman–Crippen LogP) is -0.439. The average Bonchev–Trinajstić information content (AvgIpc) is 3.04. The van der Waals surface area contributed by atoms with Crippen molar-refractivity contribution in [1.82, 2.24) is 20.4 Å². The second kappa shape index (κ2) is 8.88. The molecule has 3 amide bonds. The van der Waals surface area contributed by atoms with E-state index in [2.05, 4.69) is 15.6 Å². The molecule has 2 heterocycles. The van der Waals surface area contributed by atoms with Crippen LogP contribution in [0.15, 0.2) is 23.2 Å². The Kier molecular flexibility index (Phi) is 6.47. The fraction of sp³-hybridized carbons (Fsp3) is 0.550. The molecular weight excluding hydrogens is 390 g/mol. The number of guanidine groups is 1. The zero-order valence-corrected chi connectivity index (χ0v) is 17.6. The Morgan fingerprint density at radius 3 is 2.63 bits per heavy atom. The maximum Gasteiger partial charge on any atom is 0.325 e. The number of rotatable bonds is 7. The first-order valence-electron chi connectivity index (χ1n) is 9.89. The molecule has 2 aliphatic heterocycles. The molecule has 10 heteroatoms. The molecule has 4 atom stereocenters.